The van der Waals surface area contributed by atoms with Gasteiger partial charge in [-0.05, 0) is 24.7 Å². The highest BCUT2D eigenvalue weighted by Crippen LogP contribution is 2.30. The maximum absolute atomic E-state index is 12.6. The van der Waals surface area contributed by atoms with Crippen molar-refractivity contribution in [1.29, 1.82) is 0 Å². The highest BCUT2D eigenvalue weighted by atomic mass is 32.2. The molecule has 0 saturated heterocycles. The summed E-state index contributed by atoms with van der Waals surface area (Å²) in [5.74, 6) is 0.504. The van der Waals surface area contributed by atoms with Crippen molar-refractivity contribution in [2.75, 3.05) is 20.0 Å². The summed E-state index contributed by atoms with van der Waals surface area (Å²) in [6.07, 6.45) is 5.26. The highest BCUT2D eigenvalue weighted by molar-refractivity contribution is 8.01. The molecule has 0 N–H and O–H groups in total. The van der Waals surface area contributed by atoms with Crippen LogP contribution in [0.15, 0.2) is 42.5 Å². The Morgan fingerprint density at radius 2 is 1.92 bits per heavy atom. The van der Waals surface area contributed by atoms with Gasteiger partial charge < -0.3 is 14.2 Å². The number of esters is 1. The lowest BCUT2D eigenvalue weighted by atomic mass is 10.1. The van der Waals surface area contributed by atoms with Crippen LogP contribution in [0.4, 0.5) is 0 Å². The predicted molar refractivity (Wildman–Crippen MR) is 99.0 cm³/mol. The normalized spacial score (nSPS) is 14.0. The molecule has 0 bridgehead atoms. The number of ether oxygens (including phenoxy) is 3. The van der Waals surface area contributed by atoms with Crippen LogP contribution in [0.3, 0.4) is 0 Å². The van der Waals surface area contributed by atoms with Crippen molar-refractivity contribution in [3.05, 3.63) is 48.0 Å². The second kappa shape index (κ2) is 11.3. The fraction of sp³-hybridized carbons (Fsp3) is 0.526. The molecule has 0 saturated carbocycles. The molecule has 0 unspecified atom stereocenters. The largest absolute Gasteiger partial charge is 0.460 e. The Morgan fingerprint density at radius 1 is 1.25 bits per heavy atom. The standard InChI is InChI=1S/C19H28O4S/c1-5-6-13-19(2,24-14-12-17(21-3)22-4)18(20)23-15-16-10-8-7-9-11-16/h6-11,13,17H,5,12,14-15H2,1-4H3/b13-6+/t19-/m1/s1. The van der Waals surface area contributed by atoms with E-state index in [1.165, 1.54) is 0 Å². The Labute approximate surface area is 149 Å². The van der Waals surface area contributed by atoms with Crippen molar-refractivity contribution >= 4 is 17.7 Å². The van der Waals surface area contributed by atoms with Crippen LogP contribution in [0.25, 0.3) is 0 Å². The van der Waals surface area contributed by atoms with Gasteiger partial charge in [-0.2, -0.15) is 0 Å². The Morgan fingerprint density at radius 3 is 2.50 bits per heavy atom. The van der Waals surface area contributed by atoms with Crippen molar-refractivity contribution in [2.45, 2.75) is 44.3 Å². The Bertz CT molecular complexity index is 499. The molecule has 24 heavy (non-hydrogen) atoms. The molecule has 134 valence electrons. The molecule has 0 radical (unpaired) electrons. The van der Waals surface area contributed by atoms with E-state index in [9.17, 15) is 4.79 Å². The number of rotatable bonds is 11. The van der Waals surface area contributed by atoms with Crippen LogP contribution in [0.5, 0.6) is 0 Å². The van der Waals surface area contributed by atoms with E-state index in [1.807, 2.05) is 56.3 Å². The zero-order valence-electron chi connectivity index (χ0n) is 15.0. The van der Waals surface area contributed by atoms with Crippen molar-refractivity contribution in [3.8, 4) is 0 Å². The molecule has 1 rings (SSSR count). The third-order valence-electron chi connectivity index (χ3n) is 3.57. The minimum atomic E-state index is -0.711. The number of carbonyl (C=O) groups is 1. The summed E-state index contributed by atoms with van der Waals surface area (Å²) >= 11 is 1.54. The molecule has 4 nitrogen and oxygen atoms in total. The lowest BCUT2D eigenvalue weighted by Gasteiger charge is -2.24. The van der Waals surface area contributed by atoms with Crippen LogP contribution in [-0.4, -0.2) is 37.0 Å². The summed E-state index contributed by atoms with van der Waals surface area (Å²) in [6.45, 7) is 4.23. The summed E-state index contributed by atoms with van der Waals surface area (Å²) < 4.78 is 15.2. The summed E-state index contributed by atoms with van der Waals surface area (Å²) in [6, 6.07) is 9.70. The molecule has 0 aliphatic carbocycles. The van der Waals surface area contributed by atoms with Crippen LogP contribution in [0, 0.1) is 0 Å². The highest BCUT2D eigenvalue weighted by Gasteiger charge is 2.32. The van der Waals surface area contributed by atoms with Gasteiger partial charge in [-0.15, -0.1) is 11.8 Å². The maximum atomic E-state index is 12.6. The number of methoxy groups -OCH3 is 2. The lowest BCUT2D eigenvalue weighted by molar-refractivity contribution is -0.146. The van der Waals surface area contributed by atoms with Gasteiger partial charge in [-0.3, -0.25) is 4.79 Å². The van der Waals surface area contributed by atoms with Gasteiger partial charge in [-0.1, -0.05) is 49.4 Å². The molecular formula is C19H28O4S. The van der Waals surface area contributed by atoms with Crippen LogP contribution in [0.1, 0.15) is 32.3 Å². The van der Waals surface area contributed by atoms with Gasteiger partial charge in [0.2, 0.25) is 0 Å². The quantitative estimate of drug-likeness (QED) is 0.339. The van der Waals surface area contributed by atoms with Crippen molar-refractivity contribution < 1.29 is 19.0 Å². The van der Waals surface area contributed by atoms with Gasteiger partial charge in [0.1, 0.15) is 11.4 Å². The molecule has 0 heterocycles. The zero-order chi connectivity index (χ0) is 17.8. The molecule has 5 heteroatoms. The van der Waals surface area contributed by atoms with E-state index in [1.54, 1.807) is 26.0 Å². The summed E-state index contributed by atoms with van der Waals surface area (Å²) in [5, 5.41) is 0. The second-order valence-electron chi connectivity index (χ2n) is 5.52. The topological polar surface area (TPSA) is 44.8 Å². The minimum absolute atomic E-state index is 0.229. The van der Waals surface area contributed by atoms with E-state index in [0.29, 0.717) is 6.42 Å². The van der Waals surface area contributed by atoms with Gasteiger partial charge >= 0.3 is 5.97 Å². The molecule has 0 fully saturated rings. The van der Waals surface area contributed by atoms with Gasteiger partial charge in [0.15, 0.2) is 6.29 Å². The van der Waals surface area contributed by atoms with Crippen LogP contribution in [-0.2, 0) is 25.6 Å². The molecule has 1 aromatic carbocycles. The van der Waals surface area contributed by atoms with Gasteiger partial charge in [0.25, 0.3) is 0 Å². The Balaban J connectivity index is 2.63. The van der Waals surface area contributed by atoms with E-state index < -0.39 is 4.75 Å². The number of carbonyl (C=O) groups excluding carboxylic acids is 1. The number of allylic oxidation sites excluding steroid dienone is 1. The smallest absolute Gasteiger partial charge is 0.326 e. The van der Waals surface area contributed by atoms with E-state index >= 15 is 0 Å². The van der Waals surface area contributed by atoms with Crippen molar-refractivity contribution in [3.63, 3.8) is 0 Å². The average molecular weight is 352 g/mol. The minimum Gasteiger partial charge on any atom is -0.460 e. The lowest BCUT2D eigenvalue weighted by Crippen LogP contribution is -2.32. The molecule has 0 spiro atoms. The van der Waals surface area contributed by atoms with Gasteiger partial charge in [0.05, 0.1) is 0 Å². The second-order valence-corrected chi connectivity index (χ2v) is 7.06. The SMILES string of the molecule is CC/C=C/[C@@](C)(SCCC(OC)OC)C(=O)OCc1ccccc1. The van der Waals surface area contributed by atoms with Crippen LogP contribution < -0.4 is 0 Å². The Kier molecular flexibility index (Phi) is 9.76. The molecular weight excluding hydrogens is 324 g/mol. The van der Waals surface area contributed by atoms with E-state index in [4.69, 9.17) is 14.2 Å². The van der Waals surface area contributed by atoms with E-state index in [2.05, 4.69) is 0 Å². The summed E-state index contributed by atoms with van der Waals surface area (Å²) in [5.41, 5.74) is 0.983. The van der Waals surface area contributed by atoms with Gasteiger partial charge in [-0.25, -0.2) is 0 Å². The van der Waals surface area contributed by atoms with Crippen molar-refractivity contribution in [1.82, 2.24) is 0 Å². The van der Waals surface area contributed by atoms with Crippen molar-refractivity contribution in [2.24, 2.45) is 0 Å². The monoisotopic (exact) mass is 352 g/mol. The fourth-order valence-corrected chi connectivity index (χ4v) is 3.19. The summed E-state index contributed by atoms with van der Waals surface area (Å²) in [4.78, 5) is 12.6. The molecule has 1 atom stereocenters. The number of hydrogen-bond acceptors (Lipinski definition) is 5. The number of hydrogen-bond donors (Lipinski definition) is 0. The van der Waals surface area contributed by atoms with Crippen LogP contribution >= 0.6 is 11.8 Å². The third kappa shape index (κ3) is 7.07. The number of benzene rings is 1. The first-order chi connectivity index (χ1) is 11.6. The zero-order valence-corrected chi connectivity index (χ0v) is 15.8. The Hall–Kier alpha value is -1.30. The molecule has 0 aliphatic heterocycles. The first-order valence-corrected chi connectivity index (χ1v) is 9.12. The van der Waals surface area contributed by atoms with Gasteiger partial charge in [0, 0.05) is 20.6 Å². The van der Waals surface area contributed by atoms with E-state index in [-0.39, 0.29) is 18.9 Å². The maximum Gasteiger partial charge on any atom is 0.326 e. The van der Waals surface area contributed by atoms with E-state index in [0.717, 1.165) is 17.7 Å². The molecule has 1 aromatic rings. The third-order valence-corrected chi connectivity index (χ3v) is 4.91. The average Bonchev–Trinajstić information content (AvgIpc) is 2.62. The molecule has 0 aliphatic rings. The number of thioether (sulfide) groups is 1. The molecule has 0 aromatic heterocycles. The molecule has 0 amide bonds. The fourth-order valence-electron chi connectivity index (χ4n) is 2.08. The summed E-state index contributed by atoms with van der Waals surface area (Å²) in [7, 11) is 3.23. The first kappa shape index (κ1) is 20.7. The first-order valence-electron chi connectivity index (χ1n) is 8.14. The van der Waals surface area contributed by atoms with Crippen LogP contribution in [0.2, 0.25) is 0 Å². The predicted octanol–water partition coefficient (Wildman–Crippen LogP) is 4.20.